The van der Waals surface area contributed by atoms with Crippen molar-refractivity contribution in [2.45, 2.75) is 44.7 Å². The SMILES string of the molecule is Cc1ccc(N2C(=O)CC[C@H](C(=O)N[C@]3(C)CCS(=O)(=O)C3)[C@@H]2c2cccs2)cc1. The lowest BCUT2D eigenvalue weighted by atomic mass is 9.85. The number of benzene rings is 1. The quantitative estimate of drug-likeness (QED) is 0.782. The molecule has 2 aliphatic rings. The minimum atomic E-state index is -3.13. The van der Waals surface area contributed by atoms with Gasteiger partial charge in [0.15, 0.2) is 9.84 Å². The number of nitrogens with one attached hydrogen (secondary N) is 1. The number of hydrogen-bond donors (Lipinski definition) is 1. The number of rotatable bonds is 4. The molecule has 2 saturated heterocycles. The van der Waals surface area contributed by atoms with Crippen LogP contribution in [0.25, 0.3) is 0 Å². The molecule has 6 nitrogen and oxygen atoms in total. The van der Waals surface area contributed by atoms with Crippen molar-refractivity contribution in [2.24, 2.45) is 5.92 Å². The van der Waals surface area contributed by atoms with Crippen molar-refractivity contribution < 1.29 is 18.0 Å². The highest BCUT2D eigenvalue weighted by Crippen LogP contribution is 2.42. The summed E-state index contributed by atoms with van der Waals surface area (Å²) in [5.41, 5.74) is 1.11. The molecule has 3 atom stereocenters. The van der Waals surface area contributed by atoms with Gasteiger partial charge in [-0.2, -0.15) is 0 Å². The molecule has 2 aromatic rings. The first-order valence-electron chi connectivity index (χ1n) is 10.1. The second kappa shape index (κ2) is 7.81. The van der Waals surface area contributed by atoms with Crippen LogP contribution in [0, 0.1) is 12.8 Å². The number of carbonyl (C=O) groups excluding carboxylic acids is 2. The number of nitrogens with zero attached hydrogens (tertiary/aromatic N) is 1. The van der Waals surface area contributed by atoms with E-state index in [1.165, 1.54) is 11.3 Å². The number of sulfone groups is 1. The fourth-order valence-corrected chi connectivity index (χ4v) is 7.43. The Balaban J connectivity index is 1.67. The Hall–Kier alpha value is -2.19. The zero-order chi connectivity index (χ0) is 21.5. The number of hydrogen-bond acceptors (Lipinski definition) is 5. The summed E-state index contributed by atoms with van der Waals surface area (Å²) in [6, 6.07) is 11.2. The zero-order valence-electron chi connectivity index (χ0n) is 17.1. The Morgan fingerprint density at radius 1 is 1.23 bits per heavy atom. The van der Waals surface area contributed by atoms with Crippen LogP contribution in [-0.4, -0.2) is 37.3 Å². The molecule has 0 aliphatic carbocycles. The summed E-state index contributed by atoms with van der Waals surface area (Å²) in [6.45, 7) is 3.78. The molecule has 0 saturated carbocycles. The van der Waals surface area contributed by atoms with Crippen LogP contribution >= 0.6 is 11.3 Å². The smallest absolute Gasteiger partial charge is 0.227 e. The van der Waals surface area contributed by atoms with Gasteiger partial charge in [0.05, 0.1) is 29.0 Å². The van der Waals surface area contributed by atoms with Crippen molar-refractivity contribution in [3.8, 4) is 0 Å². The maximum atomic E-state index is 13.4. The van der Waals surface area contributed by atoms with Gasteiger partial charge in [0.25, 0.3) is 0 Å². The first-order valence-corrected chi connectivity index (χ1v) is 12.8. The molecule has 1 aromatic carbocycles. The fourth-order valence-electron chi connectivity index (χ4n) is 4.46. The number of thiophene rings is 1. The third-order valence-corrected chi connectivity index (χ3v) is 8.86. The van der Waals surface area contributed by atoms with Crippen molar-refractivity contribution in [1.82, 2.24) is 5.32 Å². The minimum Gasteiger partial charge on any atom is -0.350 e. The van der Waals surface area contributed by atoms with E-state index in [2.05, 4.69) is 5.32 Å². The van der Waals surface area contributed by atoms with Crippen molar-refractivity contribution in [3.63, 3.8) is 0 Å². The number of piperidine rings is 1. The van der Waals surface area contributed by atoms with E-state index in [9.17, 15) is 18.0 Å². The van der Waals surface area contributed by atoms with Crippen LogP contribution in [0.1, 0.15) is 42.7 Å². The first-order chi connectivity index (χ1) is 14.2. The van der Waals surface area contributed by atoms with E-state index < -0.39 is 27.3 Å². The van der Waals surface area contributed by atoms with Crippen molar-refractivity contribution in [2.75, 3.05) is 16.4 Å². The Bertz CT molecular complexity index is 1050. The molecule has 160 valence electrons. The van der Waals surface area contributed by atoms with Crippen LogP contribution < -0.4 is 10.2 Å². The first kappa shape index (κ1) is 21.1. The highest BCUT2D eigenvalue weighted by atomic mass is 32.2. The van der Waals surface area contributed by atoms with Gasteiger partial charge in [-0.3, -0.25) is 9.59 Å². The summed E-state index contributed by atoms with van der Waals surface area (Å²) in [6.07, 6.45) is 1.14. The molecule has 2 fully saturated rings. The summed E-state index contributed by atoms with van der Waals surface area (Å²) in [5, 5.41) is 4.96. The topological polar surface area (TPSA) is 83.6 Å². The Labute approximate surface area is 181 Å². The molecule has 1 N–H and O–H groups in total. The summed E-state index contributed by atoms with van der Waals surface area (Å²) in [4.78, 5) is 29.0. The van der Waals surface area contributed by atoms with Crippen molar-refractivity contribution in [3.05, 3.63) is 52.2 Å². The second-order valence-electron chi connectivity index (χ2n) is 8.60. The molecule has 0 spiro atoms. The summed E-state index contributed by atoms with van der Waals surface area (Å²) in [7, 11) is -3.13. The molecule has 2 aliphatic heterocycles. The van der Waals surface area contributed by atoms with Gasteiger partial charge in [-0.1, -0.05) is 23.8 Å². The summed E-state index contributed by atoms with van der Waals surface area (Å²) in [5.74, 6) is -0.573. The Kier molecular flexibility index (Phi) is 5.48. The number of anilines is 1. The molecular formula is C22H26N2O4S2. The van der Waals surface area contributed by atoms with Gasteiger partial charge in [0, 0.05) is 17.0 Å². The monoisotopic (exact) mass is 446 g/mol. The third kappa shape index (κ3) is 4.16. The summed E-state index contributed by atoms with van der Waals surface area (Å²) >= 11 is 1.53. The normalized spacial score (nSPS) is 28.5. The van der Waals surface area contributed by atoms with E-state index in [0.29, 0.717) is 12.8 Å². The maximum Gasteiger partial charge on any atom is 0.227 e. The predicted molar refractivity (Wildman–Crippen MR) is 118 cm³/mol. The van der Waals surface area contributed by atoms with Gasteiger partial charge < -0.3 is 10.2 Å². The highest BCUT2D eigenvalue weighted by Gasteiger charge is 2.45. The van der Waals surface area contributed by atoms with Gasteiger partial charge in [-0.05, 0) is 50.3 Å². The van der Waals surface area contributed by atoms with Crippen LogP contribution in [0.4, 0.5) is 5.69 Å². The van der Waals surface area contributed by atoms with E-state index in [-0.39, 0.29) is 29.7 Å². The molecule has 4 rings (SSSR count). The van der Waals surface area contributed by atoms with E-state index in [4.69, 9.17) is 0 Å². The fraction of sp³-hybridized carbons (Fsp3) is 0.455. The second-order valence-corrected chi connectivity index (χ2v) is 11.8. The molecule has 0 unspecified atom stereocenters. The van der Waals surface area contributed by atoms with Crippen molar-refractivity contribution in [1.29, 1.82) is 0 Å². The average Bonchev–Trinajstić information content (AvgIpc) is 3.30. The lowest BCUT2D eigenvalue weighted by molar-refractivity contribution is -0.130. The number of aryl methyl sites for hydroxylation is 1. The van der Waals surface area contributed by atoms with Crippen LogP contribution in [0.3, 0.4) is 0 Å². The Morgan fingerprint density at radius 2 is 1.97 bits per heavy atom. The molecule has 0 radical (unpaired) electrons. The molecule has 1 aromatic heterocycles. The van der Waals surface area contributed by atoms with Crippen LogP contribution in [0.15, 0.2) is 41.8 Å². The minimum absolute atomic E-state index is 0.00374. The van der Waals surface area contributed by atoms with Crippen LogP contribution in [-0.2, 0) is 19.4 Å². The van der Waals surface area contributed by atoms with E-state index >= 15 is 0 Å². The van der Waals surface area contributed by atoms with Crippen LogP contribution in [0.2, 0.25) is 0 Å². The summed E-state index contributed by atoms with van der Waals surface area (Å²) < 4.78 is 23.9. The highest BCUT2D eigenvalue weighted by molar-refractivity contribution is 7.91. The largest absolute Gasteiger partial charge is 0.350 e. The van der Waals surface area contributed by atoms with E-state index in [1.807, 2.05) is 48.7 Å². The van der Waals surface area contributed by atoms with Gasteiger partial charge in [-0.15, -0.1) is 11.3 Å². The van der Waals surface area contributed by atoms with Gasteiger partial charge in [0.1, 0.15) is 0 Å². The van der Waals surface area contributed by atoms with E-state index in [0.717, 1.165) is 16.1 Å². The van der Waals surface area contributed by atoms with Crippen molar-refractivity contribution >= 4 is 38.7 Å². The Morgan fingerprint density at radius 3 is 2.57 bits per heavy atom. The molecule has 0 bridgehead atoms. The molecule has 30 heavy (non-hydrogen) atoms. The van der Waals surface area contributed by atoms with Gasteiger partial charge in [0.2, 0.25) is 11.8 Å². The lowest BCUT2D eigenvalue weighted by Gasteiger charge is -2.41. The van der Waals surface area contributed by atoms with Gasteiger partial charge >= 0.3 is 0 Å². The standard InChI is InChI=1S/C22H26N2O4S2/c1-15-5-7-16(8-6-15)24-19(25)10-9-17(20(24)18-4-3-12-29-18)21(26)23-22(2)11-13-30(27,28)14-22/h3-8,12,17,20H,9-11,13-14H2,1-2H3,(H,23,26)/t17-,20+,22+/m0/s1. The van der Waals surface area contributed by atoms with Gasteiger partial charge in [-0.25, -0.2) is 8.42 Å². The molecule has 3 heterocycles. The number of carbonyl (C=O) groups is 2. The third-order valence-electron chi connectivity index (χ3n) is 6.01. The van der Waals surface area contributed by atoms with Crippen LogP contribution in [0.5, 0.6) is 0 Å². The number of amides is 2. The lowest BCUT2D eigenvalue weighted by Crippen LogP contribution is -2.54. The maximum absolute atomic E-state index is 13.4. The average molecular weight is 447 g/mol. The molecular weight excluding hydrogens is 420 g/mol. The molecule has 2 amide bonds. The van der Waals surface area contributed by atoms with E-state index in [1.54, 1.807) is 11.8 Å². The molecule has 8 heteroatoms. The zero-order valence-corrected chi connectivity index (χ0v) is 18.8. The predicted octanol–water partition coefficient (Wildman–Crippen LogP) is 3.23.